The first-order valence-electron chi connectivity index (χ1n) is 5.10. The summed E-state index contributed by atoms with van der Waals surface area (Å²) in [4.78, 5) is 0. The van der Waals surface area contributed by atoms with E-state index in [4.69, 9.17) is 17.2 Å². The van der Waals surface area contributed by atoms with Gasteiger partial charge in [-0.05, 0) is 24.6 Å². The smallest absolute Gasteiger partial charge is 0.0424 e. The van der Waals surface area contributed by atoms with Crippen molar-refractivity contribution < 1.29 is 0 Å². The molecule has 0 heterocycles. The number of para-hydroxylation sites is 1. The summed E-state index contributed by atoms with van der Waals surface area (Å²) in [5, 5.41) is 0. The lowest BCUT2D eigenvalue weighted by Gasteiger charge is -2.11. The third-order valence-corrected chi connectivity index (χ3v) is 2.69. The Morgan fingerprint density at radius 1 is 0.875 bits per heavy atom. The fourth-order valence-electron chi connectivity index (χ4n) is 1.74. The molecule has 0 saturated heterocycles. The monoisotopic (exact) mass is 213 g/mol. The second kappa shape index (κ2) is 3.77. The molecule has 0 aliphatic rings. The molecular weight excluding hydrogens is 198 g/mol. The molecule has 3 heteroatoms. The van der Waals surface area contributed by atoms with Crippen molar-refractivity contribution in [1.82, 2.24) is 0 Å². The van der Waals surface area contributed by atoms with Crippen molar-refractivity contribution in [3.8, 4) is 11.1 Å². The average Bonchev–Trinajstić information content (AvgIpc) is 2.23. The van der Waals surface area contributed by atoms with Gasteiger partial charge in [0.15, 0.2) is 0 Å². The maximum atomic E-state index is 6.03. The Balaban J connectivity index is 2.63. The van der Waals surface area contributed by atoms with Crippen LogP contribution < -0.4 is 17.2 Å². The molecule has 0 amide bonds. The minimum Gasteiger partial charge on any atom is -0.399 e. The first-order valence-corrected chi connectivity index (χ1v) is 5.10. The Kier molecular flexibility index (Phi) is 2.44. The van der Waals surface area contributed by atoms with Gasteiger partial charge in [-0.1, -0.05) is 24.3 Å². The summed E-state index contributed by atoms with van der Waals surface area (Å²) < 4.78 is 0. The Morgan fingerprint density at radius 2 is 1.62 bits per heavy atom. The standard InChI is InChI=1S/C13H15N3/c1-8-3-2-4-11(13(8)16)10-6-5-9(14)7-12(10)15/h2-7H,14-16H2,1H3. The lowest BCUT2D eigenvalue weighted by Crippen LogP contribution is -1.97. The Hall–Kier alpha value is -2.16. The van der Waals surface area contributed by atoms with Crippen LogP contribution in [0.15, 0.2) is 36.4 Å². The molecule has 0 fully saturated rings. The van der Waals surface area contributed by atoms with Crippen molar-refractivity contribution >= 4 is 17.1 Å². The number of hydrogen-bond donors (Lipinski definition) is 3. The lowest BCUT2D eigenvalue weighted by atomic mass is 9.99. The predicted molar refractivity (Wildman–Crippen MR) is 69.9 cm³/mol. The SMILES string of the molecule is Cc1cccc(-c2ccc(N)cc2N)c1N. The topological polar surface area (TPSA) is 78.1 Å². The van der Waals surface area contributed by atoms with E-state index in [-0.39, 0.29) is 0 Å². The highest BCUT2D eigenvalue weighted by Gasteiger charge is 2.07. The zero-order valence-corrected chi connectivity index (χ0v) is 9.20. The molecule has 82 valence electrons. The van der Waals surface area contributed by atoms with Crippen molar-refractivity contribution in [2.24, 2.45) is 0 Å². The van der Waals surface area contributed by atoms with Crippen molar-refractivity contribution in [1.29, 1.82) is 0 Å². The molecule has 0 aromatic heterocycles. The second-order valence-corrected chi connectivity index (χ2v) is 3.88. The minimum atomic E-state index is 0.650. The number of nitrogens with two attached hydrogens (primary N) is 3. The van der Waals surface area contributed by atoms with Crippen LogP contribution in [-0.2, 0) is 0 Å². The van der Waals surface area contributed by atoms with Crippen molar-refractivity contribution in [3.63, 3.8) is 0 Å². The van der Waals surface area contributed by atoms with Gasteiger partial charge in [-0.15, -0.1) is 0 Å². The van der Waals surface area contributed by atoms with Crippen LogP contribution in [0.2, 0.25) is 0 Å². The van der Waals surface area contributed by atoms with Crippen LogP contribution in [0.25, 0.3) is 11.1 Å². The van der Waals surface area contributed by atoms with Gasteiger partial charge in [0, 0.05) is 28.2 Å². The zero-order valence-electron chi connectivity index (χ0n) is 9.20. The van der Waals surface area contributed by atoms with E-state index in [0.29, 0.717) is 11.4 Å². The van der Waals surface area contributed by atoms with Crippen molar-refractivity contribution in [2.45, 2.75) is 6.92 Å². The van der Waals surface area contributed by atoms with Crippen molar-refractivity contribution in [2.75, 3.05) is 17.2 Å². The van der Waals surface area contributed by atoms with Gasteiger partial charge in [0.25, 0.3) is 0 Å². The first-order chi connectivity index (χ1) is 7.59. The normalized spacial score (nSPS) is 10.3. The van der Waals surface area contributed by atoms with E-state index in [1.54, 1.807) is 6.07 Å². The lowest BCUT2D eigenvalue weighted by molar-refractivity contribution is 1.46. The largest absolute Gasteiger partial charge is 0.399 e. The molecule has 2 aromatic carbocycles. The maximum Gasteiger partial charge on any atom is 0.0424 e. The Labute approximate surface area is 94.9 Å². The van der Waals surface area contributed by atoms with E-state index in [2.05, 4.69) is 0 Å². The van der Waals surface area contributed by atoms with Crippen LogP contribution in [0.3, 0.4) is 0 Å². The molecule has 16 heavy (non-hydrogen) atoms. The molecule has 0 spiro atoms. The van der Waals surface area contributed by atoms with Crippen LogP contribution in [0.5, 0.6) is 0 Å². The average molecular weight is 213 g/mol. The number of nitrogen functional groups attached to an aromatic ring is 3. The van der Waals surface area contributed by atoms with E-state index >= 15 is 0 Å². The Morgan fingerprint density at radius 3 is 2.31 bits per heavy atom. The molecule has 0 saturated carbocycles. The molecule has 0 aliphatic carbocycles. The quantitative estimate of drug-likeness (QED) is 0.636. The van der Waals surface area contributed by atoms with Gasteiger partial charge in [0.05, 0.1) is 0 Å². The third-order valence-electron chi connectivity index (χ3n) is 2.69. The van der Waals surface area contributed by atoms with Gasteiger partial charge in [-0.25, -0.2) is 0 Å². The summed E-state index contributed by atoms with van der Waals surface area (Å²) >= 11 is 0. The fraction of sp³-hybridized carbons (Fsp3) is 0.0769. The van der Waals surface area contributed by atoms with Crippen LogP contribution in [-0.4, -0.2) is 0 Å². The third kappa shape index (κ3) is 1.67. The molecular formula is C13H15N3. The highest BCUT2D eigenvalue weighted by atomic mass is 14.6. The summed E-state index contributed by atoms with van der Waals surface area (Å²) in [6.45, 7) is 1.98. The molecule has 6 N–H and O–H groups in total. The molecule has 0 unspecified atom stereocenters. The van der Waals surface area contributed by atoms with Gasteiger partial charge in [0.1, 0.15) is 0 Å². The minimum absolute atomic E-state index is 0.650. The van der Waals surface area contributed by atoms with Crippen LogP contribution in [0.1, 0.15) is 5.56 Å². The van der Waals surface area contributed by atoms with Gasteiger partial charge in [-0.3, -0.25) is 0 Å². The summed E-state index contributed by atoms with van der Waals surface area (Å²) in [7, 11) is 0. The fourth-order valence-corrected chi connectivity index (χ4v) is 1.74. The van der Waals surface area contributed by atoms with E-state index in [9.17, 15) is 0 Å². The van der Waals surface area contributed by atoms with Crippen LogP contribution in [0, 0.1) is 6.92 Å². The zero-order chi connectivity index (χ0) is 11.7. The van der Waals surface area contributed by atoms with E-state index in [0.717, 1.165) is 22.4 Å². The summed E-state index contributed by atoms with van der Waals surface area (Å²) in [6, 6.07) is 11.4. The van der Waals surface area contributed by atoms with E-state index in [1.165, 1.54) is 0 Å². The van der Waals surface area contributed by atoms with Crippen molar-refractivity contribution in [3.05, 3.63) is 42.0 Å². The molecule has 0 aliphatic heterocycles. The van der Waals surface area contributed by atoms with Crippen LogP contribution in [0.4, 0.5) is 17.1 Å². The van der Waals surface area contributed by atoms with E-state index in [1.807, 2.05) is 37.3 Å². The molecule has 0 radical (unpaired) electrons. The number of benzene rings is 2. The van der Waals surface area contributed by atoms with Gasteiger partial charge < -0.3 is 17.2 Å². The highest BCUT2D eigenvalue weighted by molar-refractivity contribution is 5.86. The predicted octanol–water partition coefficient (Wildman–Crippen LogP) is 2.41. The molecule has 2 aromatic rings. The molecule has 2 rings (SSSR count). The number of hydrogen-bond acceptors (Lipinski definition) is 3. The summed E-state index contributed by atoms with van der Waals surface area (Å²) in [5.74, 6) is 0. The van der Waals surface area contributed by atoms with Gasteiger partial charge in [0.2, 0.25) is 0 Å². The van der Waals surface area contributed by atoms with E-state index < -0.39 is 0 Å². The summed E-state index contributed by atoms with van der Waals surface area (Å²) in [5.41, 5.74) is 22.6. The Bertz CT molecular complexity index is 533. The molecule has 0 atom stereocenters. The maximum absolute atomic E-state index is 6.03. The molecule has 0 bridgehead atoms. The number of aryl methyl sites for hydroxylation is 1. The second-order valence-electron chi connectivity index (χ2n) is 3.88. The number of anilines is 3. The highest BCUT2D eigenvalue weighted by Crippen LogP contribution is 2.33. The van der Waals surface area contributed by atoms with Crippen LogP contribution >= 0.6 is 0 Å². The molecule has 3 nitrogen and oxygen atoms in total. The first kappa shape index (κ1) is 10.4. The number of rotatable bonds is 1. The van der Waals surface area contributed by atoms with Gasteiger partial charge >= 0.3 is 0 Å². The summed E-state index contributed by atoms with van der Waals surface area (Å²) in [6.07, 6.45) is 0. The van der Waals surface area contributed by atoms with Gasteiger partial charge in [-0.2, -0.15) is 0 Å².